The monoisotopic (exact) mass is 333 g/mol. The van der Waals surface area contributed by atoms with Gasteiger partial charge in [0.05, 0.1) is 12.8 Å². The largest absolute Gasteiger partial charge is 0.495 e. The van der Waals surface area contributed by atoms with E-state index < -0.39 is 6.10 Å². The summed E-state index contributed by atoms with van der Waals surface area (Å²) in [5.41, 5.74) is 2.65. The van der Waals surface area contributed by atoms with E-state index in [0.29, 0.717) is 22.2 Å². The molecule has 0 aliphatic rings. The average Bonchev–Trinajstić information content (AvgIpc) is 2.52. The number of nitrogens with one attached hydrogen (secondary N) is 1. The topological polar surface area (TPSA) is 47.6 Å². The van der Waals surface area contributed by atoms with Crippen LogP contribution in [0.1, 0.15) is 18.1 Å². The third-order valence-corrected chi connectivity index (χ3v) is 3.88. The summed E-state index contributed by atoms with van der Waals surface area (Å²) < 4.78 is 11.0. The van der Waals surface area contributed by atoms with Crippen LogP contribution in [0.4, 0.5) is 5.69 Å². The van der Waals surface area contributed by atoms with Crippen LogP contribution in [0.3, 0.4) is 0 Å². The molecule has 0 spiro atoms. The highest BCUT2D eigenvalue weighted by Gasteiger charge is 2.18. The Morgan fingerprint density at radius 1 is 1.17 bits per heavy atom. The molecule has 1 unspecified atom stereocenters. The van der Waals surface area contributed by atoms with Crippen molar-refractivity contribution in [3.05, 3.63) is 52.5 Å². The van der Waals surface area contributed by atoms with Crippen molar-refractivity contribution in [2.45, 2.75) is 26.9 Å². The molecule has 0 radical (unpaired) electrons. The minimum Gasteiger partial charge on any atom is -0.495 e. The van der Waals surface area contributed by atoms with Gasteiger partial charge in [-0.15, -0.1) is 0 Å². The van der Waals surface area contributed by atoms with Crippen LogP contribution >= 0.6 is 11.6 Å². The molecule has 5 heteroatoms. The molecule has 0 aliphatic carbocycles. The molecule has 2 rings (SSSR count). The highest BCUT2D eigenvalue weighted by Crippen LogP contribution is 2.28. The summed E-state index contributed by atoms with van der Waals surface area (Å²) >= 11 is 5.97. The molecule has 0 aromatic heterocycles. The second-order valence-corrected chi connectivity index (χ2v) is 5.73. The van der Waals surface area contributed by atoms with Gasteiger partial charge in [-0.1, -0.05) is 23.7 Å². The predicted octanol–water partition coefficient (Wildman–Crippen LogP) is 4.37. The van der Waals surface area contributed by atoms with Crippen molar-refractivity contribution in [3.8, 4) is 11.5 Å². The number of carbonyl (C=O) groups is 1. The maximum atomic E-state index is 12.4. The summed E-state index contributed by atoms with van der Waals surface area (Å²) in [4.78, 5) is 12.4. The van der Waals surface area contributed by atoms with E-state index >= 15 is 0 Å². The van der Waals surface area contributed by atoms with Gasteiger partial charge in [-0.05, 0) is 56.2 Å². The van der Waals surface area contributed by atoms with Crippen LogP contribution in [0.5, 0.6) is 11.5 Å². The first-order valence-corrected chi connectivity index (χ1v) is 7.67. The maximum absolute atomic E-state index is 12.4. The van der Waals surface area contributed by atoms with Crippen LogP contribution < -0.4 is 14.8 Å². The Morgan fingerprint density at radius 3 is 2.61 bits per heavy atom. The van der Waals surface area contributed by atoms with Crippen molar-refractivity contribution < 1.29 is 14.3 Å². The third-order valence-electron chi connectivity index (χ3n) is 3.65. The van der Waals surface area contributed by atoms with Gasteiger partial charge >= 0.3 is 0 Å². The lowest BCUT2D eigenvalue weighted by atomic mass is 10.1. The number of ether oxygens (including phenoxy) is 2. The molecule has 0 bridgehead atoms. The van der Waals surface area contributed by atoms with Gasteiger partial charge in [0.1, 0.15) is 11.5 Å². The molecule has 1 N–H and O–H groups in total. The van der Waals surface area contributed by atoms with Crippen LogP contribution in [0, 0.1) is 13.8 Å². The van der Waals surface area contributed by atoms with Gasteiger partial charge in [0, 0.05) is 5.02 Å². The Hall–Kier alpha value is -2.20. The van der Waals surface area contributed by atoms with E-state index in [1.807, 2.05) is 32.0 Å². The van der Waals surface area contributed by atoms with Crippen molar-refractivity contribution in [2.75, 3.05) is 12.4 Å². The fourth-order valence-electron chi connectivity index (χ4n) is 2.11. The van der Waals surface area contributed by atoms with Crippen molar-refractivity contribution >= 4 is 23.2 Å². The quantitative estimate of drug-likeness (QED) is 0.883. The van der Waals surface area contributed by atoms with Gasteiger partial charge in [-0.25, -0.2) is 0 Å². The molecule has 4 nitrogen and oxygen atoms in total. The van der Waals surface area contributed by atoms with E-state index in [-0.39, 0.29) is 5.91 Å². The standard InChI is InChI=1S/C18H20ClNO3/c1-11-6-5-7-16(12(11)2)23-13(3)18(21)20-15-10-14(19)8-9-17(15)22-4/h5-10,13H,1-4H3,(H,20,21). The number of rotatable bonds is 5. The van der Waals surface area contributed by atoms with E-state index in [9.17, 15) is 4.79 Å². The van der Waals surface area contributed by atoms with Crippen LogP contribution in [-0.2, 0) is 4.79 Å². The SMILES string of the molecule is COc1ccc(Cl)cc1NC(=O)C(C)Oc1cccc(C)c1C. The number of methoxy groups -OCH3 is 1. The summed E-state index contributed by atoms with van der Waals surface area (Å²) in [5.74, 6) is 0.971. The first-order chi connectivity index (χ1) is 10.9. The minimum atomic E-state index is -0.654. The van der Waals surface area contributed by atoms with Gasteiger partial charge in [0.25, 0.3) is 5.91 Å². The fraction of sp³-hybridized carbons (Fsp3) is 0.278. The first kappa shape index (κ1) is 17.2. The van der Waals surface area contributed by atoms with Gasteiger partial charge < -0.3 is 14.8 Å². The van der Waals surface area contributed by atoms with Crippen LogP contribution in [0.25, 0.3) is 0 Å². The van der Waals surface area contributed by atoms with Crippen molar-refractivity contribution in [1.29, 1.82) is 0 Å². The molecule has 2 aromatic carbocycles. The molecule has 2 aromatic rings. The third kappa shape index (κ3) is 4.17. The van der Waals surface area contributed by atoms with Crippen LogP contribution in [0.2, 0.25) is 5.02 Å². The van der Waals surface area contributed by atoms with Crippen LogP contribution in [0.15, 0.2) is 36.4 Å². The second kappa shape index (κ2) is 7.38. The summed E-state index contributed by atoms with van der Waals surface area (Å²) in [6.45, 7) is 5.67. The number of benzene rings is 2. The number of anilines is 1. The summed E-state index contributed by atoms with van der Waals surface area (Å²) in [5, 5.41) is 3.30. The Labute approximate surface area is 141 Å². The summed E-state index contributed by atoms with van der Waals surface area (Å²) in [6, 6.07) is 10.8. The maximum Gasteiger partial charge on any atom is 0.265 e. The van der Waals surface area contributed by atoms with E-state index in [0.717, 1.165) is 11.1 Å². The van der Waals surface area contributed by atoms with Gasteiger partial charge in [0.15, 0.2) is 6.10 Å². The van der Waals surface area contributed by atoms with Crippen molar-refractivity contribution in [3.63, 3.8) is 0 Å². The zero-order valence-corrected chi connectivity index (χ0v) is 14.4. The second-order valence-electron chi connectivity index (χ2n) is 5.29. The minimum absolute atomic E-state index is 0.272. The molecular weight excluding hydrogens is 314 g/mol. The molecule has 1 atom stereocenters. The Balaban J connectivity index is 2.11. The fourth-order valence-corrected chi connectivity index (χ4v) is 2.28. The molecule has 0 heterocycles. The molecular formula is C18H20ClNO3. The number of aryl methyl sites for hydroxylation is 1. The number of hydrogen-bond acceptors (Lipinski definition) is 3. The molecule has 23 heavy (non-hydrogen) atoms. The average molecular weight is 334 g/mol. The number of amides is 1. The zero-order chi connectivity index (χ0) is 17.0. The Morgan fingerprint density at radius 2 is 1.91 bits per heavy atom. The van der Waals surface area contributed by atoms with E-state index in [1.165, 1.54) is 7.11 Å². The summed E-state index contributed by atoms with van der Waals surface area (Å²) in [6.07, 6.45) is -0.654. The normalized spacial score (nSPS) is 11.7. The van der Waals surface area contributed by atoms with E-state index in [2.05, 4.69) is 5.32 Å². The lowest BCUT2D eigenvalue weighted by Gasteiger charge is -2.18. The number of hydrogen-bond donors (Lipinski definition) is 1. The zero-order valence-electron chi connectivity index (χ0n) is 13.6. The molecule has 0 saturated heterocycles. The number of carbonyl (C=O) groups excluding carboxylic acids is 1. The lowest BCUT2D eigenvalue weighted by Crippen LogP contribution is -2.30. The first-order valence-electron chi connectivity index (χ1n) is 7.29. The molecule has 1 amide bonds. The highest BCUT2D eigenvalue weighted by molar-refractivity contribution is 6.31. The molecule has 0 fully saturated rings. The lowest BCUT2D eigenvalue weighted by molar-refractivity contribution is -0.122. The predicted molar refractivity (Wildman–Crippen MR) is 92.6 cm³/mol. The van der Waals surface area contributed by atoms with Crippen molar-refractivity contribution in [2.24, 2.45) is 0 Å². The van der Waals surface area contributed by atoms with E-state index in [4.69, 9.17) is 21.1 Å². The molecule has 0 saturated carbocycles. The molecule has 0 aliphatic heterocycles. The highest BCUT2D eigenvalue weighted by atomic mass is 35.5. The Kier molecular flexibility index (Phi) is 5.50. The smallest absolute Gasteiger partial charge is 0.265 e. The van der Waals surface area contributed by atoms with Gasteiger partial charge in [0.2, 0.25) is 0 Å². The van der Waals surface area contributed by atoms with Gasteiger partial charge in [-0.3, -0.25) is 4.79 Å². The summed E-state index contributed by atoms with van der Waals surface area (Å²) in [7, 11) is 1.54. The number of halogens is 1. The Bertz CT molecular complexity index is 715. The van der Waals surface area contributed by atoms with E-state index in [1.54, 1.807) is 25.1 Å². The van der Waals surface area contributed by atoms with Crippen LogP contribution in [-0.4, -0.2) is 19.1 Å². The van der Waals surface area contributed by atoms with Crippen molar-refractivity contribution in [1.82, 2.24) is 0 Å². The van der Waals surface area contributed by atoms with Gasteiger partial charge in [-0.2, -0.15) is 0 Å². The molecule has 122 valence electrons.